The average molecular weight is 524 g/mol. The van der Waals surface area contributed by atoms with Gasteiger partial charge in [0, 0.05) is 6.20 Å². The Bertz CT molecular complexity index is 1190. The summed E-state index contributed by atoms with van der Waals surface area (Å²) in [5, 5.41) is 13.5. The van der Waals surface area contributed by atoms with Crippen molar-refractivity contribution < 1.29 is 37.7 Å². The predicted molar refractivity (Wildman–Crippen MR) is 126 cm³/mol. The van der Waals surface area contributed by atoms with Gasteiger partial charge in [0.15, 0.2) is 6.23 Å². The molecule has 2 aliphatic heterocycles. The zero-order chi connectivity index (χ0) is 26.1. The van der Waals surface area contributed by atoms with Crippen LogP contribution in [0.1, 0.15) is 27.0 Å². The van der Waals surface area contributed by atoms with E-state index < -0.39 is 56.1 Å². The highest BCUT2D eigenvalue weighted by Gasteiger charge is 2.62. The van der Waals surface area contributed by atoms with Crippen molar-refractivity contribution in [3.05, 3.63) is 53.1 Å². The van der Waals surface area contributed by atoms with Gasteiger partial charge in [-0.3, -0.25) is 13.9 Å². The molecule has 0 spiro atoms. The standard InChI is InChI=1S/C22H29N4O9P/c1-13(2)33-20(28)14(3)25-36(30,35-15-7-5-4-6-8-15)32-12-22-11-31-17(18(22)27)19(34-22)26-10-9-16(23)24-21(26)29/h4-10,13-14,17-19,27H,11-12H2,1-3H3,(H,25,30)(H2,23,24,29)/t14-,17+,18-,19+,22+,36-/m0/s1. The summed E-state index contributed by atoms with van der Waals surface area (Å²) in [6.45, 7) is 4.30. The lowest BCUT2D eigenvalue weighted by molar-refractivity contribution is -0.185. The van der Waals surface area contributed by atoms with Crippen molar-refractivity contribution in [3.63, 3.8) is 0 Å². The van der Waals surface area contributed by atoms with Crippen LogP contribution in [-0.2, 0) is 28.1 Å². The molecular weight excluding hydrogens is 495 g/mol. The Morgan fingerprint density at radius 1 is 1.33 bits per heavy atom. The van der Waals surface area contributed by atoms with Crippen molar-refractivity contribution >= 4 is 19.5 Å². The van der Waals surface area contributed by atoms with Gasteiger partial charge < -0.3 is 29.6 Å². The number of nitrogens with zero attached hydrogens (tertiary/aromatic N) is 2. The summed E-state index contributed by atoms with van der Waals surface area (Å²) < 4.78 is 43.0. The van der Waals surface area contributed by atoms with E-state index in [1.165, 1.54) is 19.2 Å². The first kappa shape index (κ1) is 26.3. The zero-order valence-corrected chi connectivity index (χ0v) is 20.9. The highest BCUT2D eigenvalue weighted by Crippen LogP contribution is 2.50. The quantitative estimate of drug-likeness (QED) is 0.297. The van der Waals surface area contributed by atoms with Crippen molar-refractivity contribution in [2.75, 3.05) is 18.9 Å². The third kappa shape index (κ3) is 5.46. The number of rotatable bonds is 10. The molecule has 0 radical (unpaired) electrons. The second kappa shape index (κ2) is 10.3. The number of benzene rings is 1. The average Bonchev–Trinajstić information content (AvgIpc) is 3.27. The van der Waals surface area contributed by atoms with Gasteiger partial charge in [-0.1, -0.05) is 18.2 Å². The minimum Gasteiger partial charge on any atom is -0.462 e. The number of fused-ring (bicyclic) bond motifs is 2. The summed E-state index contributed by atoms with van der Waals surface area (Å²) in [5.74, 6) is -0.393. The third-order valence-corrected chi connectivity index (χ3v) is 7.26. The fourth-order valence-corrected chi connectivity index (χ4v) is 5.43. The summed E-state index contributed by atoms with van der Waals surface area (Å²) in [6, 6.07) is 8.61. The van der Waals surface area contributed by atoms with Crippen LogP contribution in [0.3, 0.4) is 0 Å². The predicted octanol–water partition coefficient (Wildman–Crippen LogP) is 0.986. The van der Waals surface area contributed by atoms with E-state index in [4.69, 9.17) is 29.0 Å². The summed E-state index contributed by atoms with van der Waals surface area (Å²) >= 11 is 0. The molecular formula is C22H29N4O9P. The van der Waals surface area contributed by atoms with Gasteiger partial charge in [0.05, 0.1) is 19.3 Å². The van der Waals surface area contributed by atoms with Crippen molar-refractivity contribution in [2.45, 2.75) is 57.0 Å². The lowest BCUT2D eigenvalue weighted by atomic mass is 10.0. The van der Waals surface area contributed by atoms with Crippen molar-refractivity contribution in [2.24, 2.45) is 0 Å². The molecule has 36 heavy (non-hydrogen) atoms. The maximum Gasteiger partial charge on any atom is 0.459 e. The number of esters is 1. The van der Waals surface area contributed by atoms with E-state index in [1.54, 1.807) is 44.2 Å². The maximum absolute atomic E-state index is 13.7. The summed E-state index contributed by atoms with van der Waals surface area (Å²) in [6.07, 6.45) is -2.14. The van der Waals surface area contributed by atoms with Crippen LogP contribution in [0.5, 0.6) is 5.75 Å². The number of anilines is 1. The lowest BCUT2D eigenvalue weighted by Crippen LogP contribution is -2.46. The van der Waals surface area contributed by atoms with E-state index in [-0.39, 0.29) is 24.3 Å². The number of carbonyl (C=O) groups is 1. The fraction of sp³-hybridized carbons (Fsp3) is 0.500. The molecule has 3 heterocycles. The third-order valence-electron chi connectivity index (χ3n) is 5.64. The molecule has 2 bridgehead atoms. The largest absolute Gasteiger partial charge is 0.462 e. The molecule has 2 saturated heterocycles. The summed E-state index contributed by atoms with van der Waals surface area (Å²) in [4.78, 5) is 28.3. The summed E-state index contributed by atoms with van der Waals surface area (Å²) in [7, 11) is -4.21. The van der Waals surface area contributed by atoms with Gasteiger partial charge >= 0.3 is 19.4 Å². The Hall–Kier alpha value is -2.80. The van der Waals surface area contributed by atoms with Crippen molar-refractivity contribution in [3.8, 4) is 5.75 Å². The Morgan fingerprint density at radius 2 is 2.06 bits per heavy atom. The van der Waals surface area contributed by atoms with Crippen LogP contribution < -0.4 is 21.0 Å². The Labute approximate surface area is 207 Å². The van der Waals surface area contributed by atoms with E-state index in [0.29, 0.717) is 0 Å². The number of carbonyl (C=O) groups excluding carboxylic acids is 1. The van der Waals surface area contributed by atoms with Gasteiger partial charge in [0.25, 0.3) is 0 Å². The zero-order valence-electron chi connectivity index (χ0n) is 20.0. The molecule has 14 heteroatoms. The van der Waals surface area contributed by atoms with Crippen molar-refractivity contribution in [1.29, 1.82) is 0 Å². The minimum absolute atomic E-state index is 0.0362. The molecule has 2 fully saturated rings. The van der Waals surface area contributed by atoms with Gasteiger partial charge in [0.2, 0.25) is 0 Å². The molecule has 0 aliphatic carbocycles. The molecule has 1 aromatic carbocycles. The maximum atomic E-state index is 13.7. The number of aliphatic hydroxyl groups is 1. The molecule has 0 unspecified atom stereocenters. The van der Waals surface area contributed by atoms with Crippen LogP contribution in [0.25, 0.3) is 0 Å². The Morgan fingerprint density at radius 3 is 2.72 bits per heavy atom. The Kier molecular flexibility index (Phi) is 7.51. The van der Waals surface area contributed by atoms with E-state index >= 15 is 0 Å². The second-order valence-corrected chi connectivity index (χ2v) is 10.5. The van der Waals surface area contributed by atoms with E-state index in [2.05, 4.69) is 10.1 Å². The molecule has 6 atom stereocenters. The molecule has 4 rings (SSSR count). The number of hydrogen-bond donors (Lipinski definition) is 3. The van der Waals surface area contributed by atoms with Gasteiger partial charge in [-0.2, -0.15) is 10.1 Å². The SMILES string of the molecule is CC(C)OC(=O)[C@H](C)N[P@](=O)(OC[C@@]12CO[C@@H]([C@H](n3ccc(N)nc3=O)O1)[C@@H]2O)Oc1ccccc1. The number of ether oxygens (including phenoxy) is 3. The fourth-order valence-electron chi connectivity index (χ4n) is 3.89. The highest BCUT2D eigenvalue weighted by atomic mass is 31.2. The molecule has 2 aliphatic rings. The topological polar surface area (TPSA) is 173 Å². The first-order valence-electron chi connectivity index (χ1n) is 11.3. The van der Waals surface area contributed by atoms with Crippen LogP contribution in [0.2, 0.25) is 0 Å². The molecule has 0 amide bonds. The molecule has 13 nitrogen and oxygen atoms in total. The van der Waals surface area contributed by atoms with Crippen LogP contribution in [0.4, 0.5) is 5.82 Å². The summed E-state index contributed by atoms with van der Waals surface area (Å²) in [5.41, 5.74) is 3.40. The first-order chi connectivity index (χ1) is 17.0. The molecule has 1 aromatic heterocycles. The number of nitrogens with one attached hydrogen (secondary N) is 1. The Balaban J connectivity index is 1.53. The number of nitrogen functional groups attached to an aromatic ring is 1. The van der Waals surface area contributed by atoms with Gasteiger partial charge in [-0.15, -0.1) is 0 Å². The monoisotopic (exact) mass is 524 g/mol. The number of aliphatic hydroxyl groups excluding tert-OH is 1. The number of para-hydroxylation sites is 1. The van der Waals surface area contributed by atoms with E-state index in [1.807, 2.05) is 0 Å². The van der Waals surface area contributed by atoms with Crippen LogP contribution in [0, 0.1) is 0 Å². The number of aromatic nitrogens is 2. The molecule has 2 aromatic rings. The first-order valence-corrected chi connectivity index (χ1v) is 12.9. The highest BCUT2D eigenvalue weighted by molar-refractivity contribution is 7.52. The van der Waals surface area contributed by atoms with Crippen LogP contribution in [0.15, 0.2) is 47.4 Å². The van der Waals surface area contributed by atoms with Crippen molar-refractivity contribution in [1.82, 2.24) is 14.6 Å². The molecule has 4 N–H and O–H groups in total. The van der Waals surface area contributed by atoms with Gasteiger partial charge in [0.1, 0.15) is 35.4 Å². The second-order valence-electron chi connectivity index (χ2n) is 8.85. The molecule has 196 valence electrons. The lowest BCUT2D eigenvalue weighted by Gasteiger charge is -2.32. The smallest absolute Gasteiger partial charge is 0.459 e. The van der Waals surface area contributed by atoms with Gasteiger partial charge in [-0.25, -0.2) is 9.36 Å². The number of hydrogen-bond acceptors (Lipinski definition) is 11. The minimum atomic E-state index is -4.21. The molecule has 0 saturated carbocycles. The van der Waals surface area contributed by atoms with Crippen LogP contribution in [-0.4, -0.2) is 63.8 Å². The van der Waals surface area contributed by atoms with Crippen LogP contribution >= 0.6 is 7.75 Å². The normalized spacial score (nSPS) is 27.5. The number of nitrogens with two attached hydrogens (primary N) is 1. The van der Waals surface area contributed by atoms with E-state index in [9.17, 15) is 19.3 Å². The van der Waals surface area contributed by atoms with Gasteiger partial charge in [-0.05, 0) is 39.0 Å². The van der Waals surface area contributed by atoms with E-state index in [0.717, 1.165) is 4.57 Å².